The molecule has 36 heavy (non-hydrogen) atoms. The number of benzene rings is 3. The summed E-state index contributed by atoms with van der Waals surface area (Å²) in [5.41, 5.74) is 3.48. The summed E-state index contributed by atoms with van der Waals surface area (Å²) in [4.78, 5) is 25.3. The first kappa shape index (κ1) is 23.3. The molecule has 0 saturated heterocycles. The molecule has 5 rings (SSSR count). The predicted octanol–water partition coefficient (Wildman–Crippen LogP) is 4.56. The maximum absolute atomic E-state index is 13.6. The van der Waals surface area contributed by atoms with Gasteiger partial charge in [-0.25, -0.2) is 14.4 Å². The number of aromatic nitrogens is 4. The van der Waals surface area contributed by atoms with Crippen LogP contribution in [0.1, 0.15) is 34.8 Å². The number of methoxy groups -OCH3 is 1. The zero-order valence-corrected chi connectivity index (χ0v) is 20.2. The normalized spacial score (nSPS) is 12.1. The summed E-state index contributed by atoms with van der Waals surface area (Å²) in [6, 6.07) is 17.3. The van der Waals surface area contributed by atoms with Crippen LogP contribution in [0.5, 0.6) is 11.5 Å². The van der Waals surface area contributed by atoms with Gasteiger partial charge in [-0.05, 0) is 55.5 Å². The number of amides is 1. The SMILES string of the molecule is COc1ccccc1OCCNC(=O)c1ccc2nc(C(C)c3nc4ccc(F)cc4[nH]3)n(C)c2c1. The zero-order chi connectivity index (χ0) is 25.2. The van der Waals surface area contributed by atoms with E-state index in [9.17, 15) is 9.18 Å². The standard InChI is InChI=1S/C27H26FN5O3/c1-16(25-30-19-11-9-18(28)15-21(19)31-25)26-32-20-10-8-17(14-22(20)33(26)2)27(34)29-12-13-36-24-7-5-4-6-23(24)35-3/h4-11,14-16H,12-13H2,1-3H3,(H,29,34)(H,30,31). The van der Waals surface area contributed by atoms with Crippen LogP contribution in [0.25, 0.3) is 22.1 Å². The Morgan fingerprint density at radius 2 is 1.86 bits per heavy atom. The second-order valence-corrected chi connectivity index (χ2v) is 8.49. The van der Waals surface area contributed by atoms with Crippen LogP contribution in [0.2, 0.25) is 0 Å². The van der Waals surface area contributed by atoms with Gasteiger partial charge < -0.3 is 24.3 Å². The van der Waals surface area contributed by atoms with E-state index >= 15 is 0 Å². The van der Waals surface area contributed by atoms with Crippen molar-refractivity contribution >= 4 is 28.0 Å². The summed E-state index contributed by atoms with van der Waals surface area (Å²) in [6.07, 6.45) is 0. The van der Waals surface area contributed by atoms with E-state index < -0.39 is 0 Å². The molecule has 0 aliphatic heterocycles. The van der Waals surface area contributed by atoms with Crippen molar-refractivity contribution in [3.05, 3.63) is 83.7 Å². The molecule has 0 fully saturated rings. The highest BCUT2D eigenvalue weighted by atomic mass is 19.1. The number of rotatable bonds is 8. The topological polar surface area (TPSA) is 94.1 Å². The molecular weight excluding hydrogens is 461 g/mol. The van der Waals surface area contributed by atoms with E-state index in [1.807, 2.05) is 54.9 Å². The van der Waals surface area contributed by atoms with E-state index in [0.29, 0.717) is 47.1 Å². The Morgan fingerprint density at radius 3 is 2.67 bits per heavy atom. The molecule has 1 unspecified atom stereocenters. The van der Waals surface area contributed by atoms with Crippen molar-refractivity contribution in [1.29, 1.82) is 0 Å². The van der Waals surface area contributed by atoms with Gasteiger partial charge in [-0.15, -0.1) is 0 Å². The van der Waals surface area contributed by atoms with Crippen molar-refractivity contribution in [2.45, 2.75) is 12.8 Å². The molecule has 2 aromatic heterocycles. The van der Waals surface area contributed by atoms with Crippen LogP contribution >= 0.6 is 0 Å². The maximum Gasteiger partial charge on any atom is 0.251 e. The summed E-state index contributed by atoms with van der Waals surface area (Å²) < 4.78 is 26.5. The van der Waals surface area contributed by atoms with Gasteiger partial charge in [0, 0.05) is 12.6 Å². The fourth-order valence-electron chi connectivity index (χ4n) is 4.23. The minimum absolute atomic E-state index is 0.165. The number of imidazole rings is 2. The number of hydrogen-bond acceptors (Lipinski definition) is 5. The van der Waals surface area contributed by atoms with Crippen LogP contribution in [0.15, 0.2) is 60.7 Å². The average Bonchev–Trinajstić information content (AvgIpc) is 3.46. The van der Waals surface area contributed by atoms with E-state index in [2.05, 4.69) is 15.3 Å². The molecular formula is C27H26FN5O3. The lowest BCUT2D eigenvalue weighted by Gasteiger charge is -2.11. The fourth-order valence-corrected chi connectivity index (χ4v) is 4.23. The summed E-state index contributed by atoms with van der Waals surface area (Å²) in [5.74, 6) is 2.07. The molecule has 1 amide bonds. The molecule has 0 spiro atoms. The molecule has 2 N–H and O–H groups in total. The number of carbonyl (C=O) groups excluding carboxylic acids is 1. The molecule has 0 saturated carbocycles. The second kappa shape index (κ2) is 9.69. The first-order valence-electron chi connectivity index (χ1n) is 11.6. The smallest absolute Gasteiger partial charge is 0.251 e. The van der Waals surface area contributed by atoms with Crippen LogP contribution in [0, 0.1) is 5.82 Å². The fraction of sp³-hybridized carbons (Fsp3) is 0.222. The Labute approximate surface area is 207 Å². The number of para-hydroxylation sites is 2. The molecule has 8 nitrogen and oxygen atoms in total. The molecule has 0 radical (unpaired) electrons. The lowest BCUT2D eigenvalue weighted by molar-refractivity contribution is 0.0947. The van der Waals surface area contributed by atoms with Crippen molar-refractivity contribution in [1.82, 2.24) is 24.8 Å². The summed E-state index contributed by atoms with van der Waals surface area (Å²) in [5, 5.41) is 2.89. The monoisotopic (exact) mass is 487 g/mol. The molecule has 5 aromatic rings. The lowest BCUT2D eigenvalue weighted by Crippen LogP contribution is -2.28. The van der Waals surface area contributed by atoms with Gasteiger partial charge in [-0.1, -0.05) is 12.1 Å². The van der Waals surface area contributed by atoms with E-state index in [-0.39, 0.29) is 17.6 Å². The van der Waals surface area contributed by atoms with Crippen molar-refractivity contribution in [3.63, 3.8) is 0 Å². The molecule has 0 aliphatic rings. The highest BCUT2D eigenvalue weighted by molar-refractivity contribution is 5.97. The average molecular weight is 488 g/mol. The Morgan fingerprint density at radius 1 is 1.08 bits per heavy atom. The van der Waals surface area contributed by atoms with Gasteiger partial charge in [0.1, 0.15) is 24.1 Å². The highest BCUT2D eigenvalue weighted by Crippen LogP contribution is 2.28. The Bertz CT molecular complexity index is 1560. The Hall–Kier alpha value is -4.40. The number of ether oxygens (including phenoxy) is 2. The third-order valence-corrected chi connectivity index (χ3v) is 6.15. The predicted molar refractivity (Wildman–Crippen MR) is 135 cm³/mol. The van der Waals surface area contributed by atoms with Gasteiger partial charge in [0.2, 0.25) is 0 Å². The van der Waals surface area contributed by atoms with Crippen molar-refractivity contribution < 1.29 is 18.7 Å². The third-order valence-electron chi connectivity index (χ3n) is 6.15. The van der Waals surface area contributed by atoms with E-state index in [1.165, 1.54) is 12.1 Å². The van der Waals surface area contributed by atoms with Gasteiger partial charge in [-0.2, -0.15) is 0 Å². The van der Waals surface area contributed by atoms with Crippen molar-refractivity contribution in [3.8, 4) is 11.5 Å². The maximum atomic E-state index is 13.6. The second-order valence-electron chi connectivity index (χ2n) is 8.49. The van der Waals surface area contributed by atoms with Crippen LogP contribution in [0.3, 0.4) is 0 Å². The van der Waals surface area contributed by atoms with Crippen molar-refractivity contribution in [2.24, 2.45) is 7.05 Å². The quantitative estimate of drug-likeness (QED) is 0.313. The summed E-state index contributed by atoms with van der Waals surface area (Å²) in [7, 11) is 3.49. The molecule has 1 atom stereocenters. The number of halogens is 1. The molecule has 0 bridgehead atoms. The minimum atomic E-state index is -0.315. The van der Waals surface area contributed by atoms with Gasteiger partial charge in [0.25, 0.3) is 5.91 Å². The van der Waals surface area contributed by atoms with Gasteiger partial charge >= 0.3 is 0 Å². The van der Waals surface area contributed by atoms with Gasteiger partial charge in [0.05, 0.1) is 41.6 Å². The number of aryl methyl sites for hydroxylation is 1. The lowest BCUT2D eigenvalue weighted by atomic mass is 10.1. The largest absolute Gasteiger partial charge is 0.493 e. The number of fused-ring (bicyclic) bond motifs is 2. The highest BCUT2D eigenvalue weighted by Gasteiger charge is 2.20. The van der Waals surface area contributed by atoms with Crippen LogP contribution in [0.4, 0.5) is 4.39 Å². The molecule has 2 heterocycles. The first-order chi connectivity index (χ1) is 17.4. The zero-order valence-electron chi connectivity index (χ0n) is 20.2. The molecule has 184 valence electrons. The van der Waals surface area contributed by atoms with Crippen LogP contribution < -0.4 is 14.8 Å². The van der Waals surface area contributed by atoms with Gasteiger partial charge in [-0.3, -0.25) is 4.79 Å². The Balaban J connectivity index is 1.29. The molecule has 3 aromatic carbocycles. The summed E-state index contributed by atoms with van der Waals surface area (Å²) >= 11 is 0. The van der Waals surface area contributed by atoms with Gasteiger partial charge in [0.15, 0.2) is 11.5 Å². The Kier molecular flexibility index (Phi) is 6.28. The summed E-state index contributed by atoms with van der Waals surface area (Å²) in [6.45, 7) is 2.64. The van der Waals surface area contributed by atoms with E-state index in [4.69, 9.17) is 14.5 Å². The number of carbonyl (C=O) groups is 1. The number of hydrogen-bond donors (Lipinski definition) is 2. The number of H-pyrrole nitrogens is 1. The molecule has 0 aliphatic carbocycles. The van der Waals surface area contributed by atoms with Crippen LogP contribution in [-0.2, 0) is 7.05 Å². The third kappa shape index (κ3) is 4.47. The van der Waals surface area contributed by atoms with Crippen LogP contribution in [-0.4, -0.2) is 45.7 Å². The first-order valence-corrected chi connectivity index (χ1v) is 11.6. The van der Waals surface area contributed by atoms with E-state index in [0.717, 1.165) is 16.9 Å². The number of nitrogens with zero attached hydrogens (tertiary/aromatic N) is 3. The van der Waals surface area contributed by atoms with Crippen molar-refractivity contribution in [2.75, 3.05) is 20.3 Å². The molecule has 9 heteroatoms. The minimum Gasteiger partial charge on any atom is -0.493 e. The number of aromatic amines is 1. The van der Waals surface area contributed by atoms with E-state index in [1.54, 1.807) is 19.2 Å². The number of nitrogens with one attached hydrogen (secondary N) is 2.